The van der Waals surface area contributed by atoms with Gasteiger partial charge in [-0.2, -0.15) is 4.74 Å². The molecule has 6 aliphatic heterocycles. The summed E-state index contributed by atoms with van der Waals surface area (Å²) in [5.74, 6) is 0.427. The summed E-state index contributed by atoms with van der Waals surface area (Å²) < 4.78 is 7.15. The summed E-state index contributed by atoms with van der Waals surface area (Å²) in [5.41, 5.74) is 0.733. The fourth-order valence-electron chi connectivity index (χ4n) is 7.36. The van der Waals surface area contributed by atoms with Crippen molar-refractivity contribution in [3.8, 4) is 5.75 Å². The molecule has 0 saturated carbocycles. The van der Waals surface area contributed by atoms with Crippen LogP contribution < -0.4 is 10.1 Å². The molecule has 1 aromatic carbocycles. The largest absolute Gasteiger partial charge is 0.618 e. The minimum atomic E-state index is -1.11. The number of piperidine rings is 2. The number of piperazine rings is 1. The molecule has 7 aliphatic rings. The van der Waals surface area contributed by atoms with Crippen LogP contribution in [0, 0.1) is 16.5 Å². The lowest BCUT2D eigenvalue weighted by molar-refractivity contribution is -0.362. The number of amides is 2. The molecule has 3 atom stereocenters. The van der Waals surface area contributed by atoms with Gasteiger partial charge in [0, 0.05) is 18.0 Å². The number of benzene rings is 1. The topological polar surface area (TPSA) is 84.7 Å². The minimum Gasteiger partial charge on any atom is -0.618 e. The van der Waals surface area contributed by atoms with E-state index in [0.717, 1.165) is 27.9 Å². The molecule has 0 aromatic heterocycles. The molecule has 4 saturated heterocycles. The molecule has 33 heavy (non-hydrogen) atoms. The third-order valence-electron chi connectivity index (χ3n) is 8.91. The second-order valence-corrected chi connectivity index (χ2v) is 11.5. The zero-order chi connectivity index (χ0) is 23.1. The molecule has 1 N–H and O–H groups in total. The van der Waals surface area contributed by atoms with Crippen molar-refractivity contribution < 1.29 is 19.1 Å². The highest BCUT2D eigenvalue weighted by molar-refractivity contribution is 6.30. The predicted molar refractivity (Wildman–Crippen MR) is 123 cm³/mol. The van der Waals surface area contributed by atoms with E-state index in [1.165, 1.54) is 0 Å². The van der Waals surface area contributed by atoms with Crippen LogP contribution in [0.1, 0.15) is 58.1 Å². The number of nitrogens with zero attached hydrogens (tertiary/aromatic N) is 2. The Morgan fingerprint density at radius 1 is 1.21 bits per heavy atom. The molecule has 6 heterocycles. The Balaban J connectivity index is 1.48. The molecule has 170 valence electrons. The molecule has 7 heteroatoms. The molecule has 4 fully saturated rings. The van der Waals surface area contributed by atoms with Crippen LogP contribution in [0.3, 0.4) is 0 Å². The molecule has 2 amide bonds. The summed E-state index contributed by atoms with van der Waals surface area (Å²) >= 11 is 0. The molecule has 2 spiro atoms. The summed E-state index contributed by atoms with van der Waals surface area (Å²) in [6.07, 6.45) is 8.02. The molecular weight excluding hydrogens is 418 g/mol. The average molecular weight is 446 g/mol. The Kier molecular flexibility index (Phi) is 3.14. The van der Waals surface area contributed by atoms with E-state index in [-0.39, 0.29) is 17.7 Å². The van der Waals surface area contributed by atoms with Crippen LogP contribution in [0.15, 0.2) is 24.3 Å². The first kappa shape index (κ1) is 19.4. The van der Waals surface area contributed by atoms with E-state index in [0.29, 0.717) is 36.5 Å². The summed E-state index contributed by atoms with van der Waals surface area (Å²) in [6, 6.07) is 3.80. The predicted octanol–water partition coefficient (Wildman–Crippen LogP) is 3.14. The van der Waals surface area contributed by atoms with Gasteiger partial charge < -0.3 is 20.2 Å². The molecular formula is C26H27N3O4. The van der Waals surface area contributed by atoms with Crippen molar-refractivity contribution in [2.24, 2.45) is 11.3 Å². The van der Waals surface area contributed by atoms with E-state index in [1.807, 2.05) is 63.0 Å². The van der Waals surface area contributed by atoms with Crippen molar-refractivity contribution in [1.29, 1.82) is 0 Å². The van der Waals surface area contributed by atoms with Crippen LogP contribution in [-0.2, 0) is 9.59 Å². The van der Waals surface area contributed by atoms with Gasteiger partial charge in [0.15, 0.2) is 0 Å². The van der Waals surface area contributed by atoms with Gasteiger partial charge in [-0.1, -0.05) is 6.08 Å². The van der Waals surface area contributed by atoms with Crippen molar-refractivity contribution in [2.75, 3.05) is 6.54 Å². The number of allylic oxidation sites excluding steroid dienone is 1. The van der Waals surface area contributed by atoms with Crippen LogP contribution >= 0.6 is 0 Å². The number of hydrogen-bond donors (Lipinski definition) is 1. The third kappa shape index (κ3) is 2.02. The summed E-state index contributed by atoms with van der Waals surface area (Å²) in [7, 11) is 0. The van der Waals surface area contributed by atoms with Crippen LogP contribution in [-0.4, -0.2) is 50.4 Å². The van der Waals surface area contributed by atoms with Gasteiger partial charge in [-0.05, 0) is 65.2 Å². The standard InChI is InChI=1S/C26H27N3O4/c1-23(2)8-6-14-10-15-16-12-26-19(13-25(21(30)27-26)7-5-9-28(25)22(26)31)24(3,4)20(16)29(32)17(15)11-18(14)33-23/h6,8,10-12,19H,5,7,9,13H2,1-4H3,(H,27,30). The molecule has 8 rings (SSSR count). The average Bonchev–Trinajstić information content (AvgIpc) is 3.28. The Hall–Kier alpha value is -3.09. The van der Waals surface area contributed by atoms with Gasteiger partial charge in [-0.15, -0.1) is 0 Å². The minimum absolute atomic E-state index is 0.0238. The van der Waals surface area contributed by atoms with Gasteiger partial charge >= 0.3 is 0 Å². The quantitative estimate of drug-likeness (QED) is 0.491. The smallest absolute Gasteiger partial charge is 0.253 e. The molecule has 7 nitrogen and oxygen atoms in total. The number of carbonyl (C=O) groups excluding carboxylic acids is 2. The van der Waals surface area contributed by atoms with E-state index in [9.17, 15) is 14.8 Å². The van der Waals surface area contributed by atoms with Gasteiger partial charge in [-0.25, -0.2) is 0 Å². The van der Waals surface area contributed by atoms with Crippen molar-refractivity contribution >= 4 is 34.9 Å². The second-order valence-electron chi connectivity index (χ2n) is 11.5. The van der Waals surface area contributed by atoms with Crippen molar-refractivity contribution in [2.45, 2.75) is 63.6 Å². The Bertz CT molecular complexity index is 1300. The monoisotopic (exact) mass is 445 g/mol. The molecule has 1 aliphatic carbocycles. The van der Waals surface area contributed by atoms with Gasteiger partial charge in [0.05, 0.1) is 22.6 Å². The first-order valence-corrected chi connectivity index (χ1v) is 11.8. The first-order valence-electron chi connectivity index (χ1n) is 11.8. The number of fused-ring (bicyclic) bond motifs is 5. The van der Waals surface area contributed by atoms with E-state index < -0.39 is 22.1 Å². The van der Waals surface area contributed by atoms with E-state index in [4.69, 9.17) is 4.74 Å². The van der Waals surface area contributed by atoms with Crippen LogP contribution in [0.4, 0.5) is 5.69 Å². The maximum Gasteiger partial charge on any atom is 0.253 e. The van der Waals surface area contributed by atoms with E-state index in [1.54, 1.807) is 0 Å². The van der Waals surface area contributed by atoms with Gasteiger partial charge in [0.2, 0.25) is 17.3 Å². The maximum atomic E-state index is 13.9. The van der Waals surface area contributed by atoms with Crippen molar-refractivity contribution in [3.63, 3.8) is 0 Å². The summed E-state index contributed by atoms with van der Waals surface area (Å²) in [5, 5.41) is 16.9. The zero-order valence-electron chi connectivity index (χ0n) is 19.3. The third-order valence-corrected chi connectivity index (χ3v) is 8.91. The SMILES string of the molecule is CC1(C)C=Cc2cc3c(cc2O1)[N+]([O-])=C1C3=CC23NC(=O)C4(CCCN4C2=O)CC3C1(C)C. The Morgan fingerprint density at radius 2 is 2.00 bits per heavy atom. The van der Waals surface area contributed by atoms with Gasteiger partial charge in [-0.3, -0.25) is 9.59 Å². The van der Waals surface area contributed by atoms with E-state index >= 15 is 0 Å². The number of rotatable bonds is 0. The van der Waals surface area contributed by atoms with E-state index in [2.05, 4.69) is 5.32 Å². The number of nitrogens with one attached hydrogen (secondary N) is 1. The van der Waals surface area contributed by atoms with Gasteiger partial charge in [0.25, 0.3) is 5.91 Å². The highest BCUT2D eigenvalue weighted by Gasteiger charge is 2.73. The normalized spacial score (nSPS) is 35.8. The van der Waals surface area contributed by atoms with Crippen molar-refractivity contribution in [1.82, 2.24) is 10.2 Å². The zero-order valence-corrected chi connectivity index (χ0v) is 19.3. The Labute approximate surface area is 192 Å². The molecule has 1 aromatic rings. The van der Waals surface area contributed by atoms with Crippen LogP contribution in [0.2, 0.25) is 0 Å². The number of hydrogen-bond acceptors (Lipinski definition) is 4. The van der Waals surface area contributed by atoms with Crippen LogP contribution in [0.25, 0.3) is 11.6 Å². The lowest BCUT2D eigenvalue weighted by Crippen LogP contribution is -2.83. The second kappa shape index (κ2) is 5.34. The fraction of sp³-hybridized carbons (Fsp3) is 0.500. The molecule has 0 radical (unpaired) electrons. The first-order chi connectivity index (χ1) is 15.5. The Morgan fingerprint density at radius 3 is 2.79 bits per heavy atom. The highest BCUT2D eigenvalue weighted by Crippen LogP contribution is 2.60. The highest BCUT2D eigenvalue weighted by atomic mass is 16.5. The molecule has 2 bridgehead atoms. The summed E-state index contributed by atoms with van der Waals surface area (Å²) in [6.45, 7) is 8.68. The summed E-state index contributed by atoms with van der Waals surface area (Å²) in [4.78, 5) is 29.0. The number of ether oxygens (including phenoxy) is 1. The van der Waals surface area contributed by atoms with Crippen LogP contribution in [0.5, 0.6) is 5.75 Å². The van der Waals surface area contributed by atoms with Gasteiger partial charge in [0.1, 0.15) is 22.4 Å². The lowest BCUT2D eigenvalue weighted by Gasteiger charge is -2.62. The lowest BCUT2D eigenvalue weighted by atomic mass is 9.51. The maximum absolute atomic E-state index is 13.9. The number of carbonyl (C=O) groups is 2. The fourth-order valence-corrected chi connectivity index (χ4v) is 7.36. The molecule has 3 unspecified atom stereocenters. The van der Waals surface area contributed by atoms with Crippen molar-refractivity contribution in [3.05, 3.63) is 40.6 Å².